The zero-order valence-electron chi connectivity index (χ0n) is 20.1. The fourth-order valence-corrected chi connectivity index (χ4v) is 2.89. The fourth-order valence-electron chi connectivity index (χ4n) is 2.89. The van der Waals surface area contributed by atoms with E-state index in [-0.39, 0.29) is 6.79 Å². The van der Waals surface area contributed by atoms with Gasteiger partial charge in [0.1, 0.15) is 6.04 Å². The Morgan fingerprint density at radius 1 is 0.944 bits per heavy atom. The van der Waals surface area contributed by atoms with E-state index in [9.17, 15) is 4.79 Å². The number of anilines is 1. The first-order chi connectivity index (χ1) is 17.6. The van der Waals surface area contributed by atoms with Crippen molar-refractivity contribution >= 4 is 11.7 Å². The number of aliphatic carboxylic acids is 1. The van der Waals surface area contributed by atoms with E-state index in [2.05, 4.69) is 88.2 Å². The molecule has 0 radical (unpaired) electrons. The smallest absolute Gasteiger partial charge is 0.322 e. The van der Waals surface area contributed by atoms with Crippen molar-refractivity contribution in [2.45, 2.75) is 19.9 Å². The third-order valence-corrected chi connectivity index (χ3v) is 4.42. The van der Waals surface area contributed by atoms with Crippen molar-refractivity contribution < 1.29 is 24.1 Å². The van der Waals surface area contributed by atoms with Crippen LogP contribution in [0, 0.1) is 82.9 Å². The predicted octanol–water partition coefficient (Wildman–Crippen LogP) is 1.34. The maximum Gasteiger partial charge on any atom is 0.322 e. The van der Waals surface area contributed by atoms with Crippen molar-refractivity contribution in [3.05, 3.63) is 12.1 Å². The summed E-state index contributed by atoms with van der Waals surface area (Å²) in [4.78, 5) is 13.1. The predicted molar refractivity (Wildman–Crippen MR) is 137 cm³/mol. The van der Waals surface area contributed by atoms with Crippen LogP contribution in [0.3, 0.4) is 0 Å². The van der Waals surface area contributed by atoms with Crippen LogP contribution < -0.4 is 24.4 Å². The molecule has 0 bridgehead atoms. The lowest BCUT2D eigenvalue weighted by Gasteiger charge is -2.33. The molecule has 3 rings (SSSR count). The molecule has 2 heterocycles. The van der Waals surface area contributed by atoms with Crippen LogP contribution in [0.2, 0.25) is 0 Å². The number of methoxy groups -OCH3 is 1. The first-order valence-electron chi connectivity index (χ1n) is 10.6. The summed E-state index contributed by atoms with van der Waals surface area (Å²) in [5, 5.41) is 12.1. The lowest BCUT2D eigenvalue weighted by molar-refractivity contribution is -0.139. The molecule has 178 valence electrons. The molecule has 1 unspecified atom stereocenters. The Hall–Kier alpha value is -5.23. The Morgan fingerprint density at radius 2 is 1.50 bits per heavy atom. The first-order valence-corrected chi connectivity index (χ1v) is 10.6. The Morgan fingerprint density at radius 3 is 2.00 bits per heavy atom. The van der Waals surface area contributed by atoms with E-state index in [0.29, 0.717) is 30.3 Å². The number of hydrogen-bond donors (Lipinski definition) is 2. The van der Waals surface area contributed by atoms with Crippen LogP contribution in [0.4, 0.5) is 5.69 Å². The molecule has 2 aliphatic heterocycles. The van der Waals surface area contributed by atoms with Crippen LogP contribution in [-0.2, 0) is 4.79 Å². The average Bonchev–Trinajstić information content (AvgIpc) is 3.38. The summed E-state index contributed by atoms with van der Waals surface area (Å²) in [6, 6.07) is 3.13. The number of nitrogens with zero attached hydrogens (tertiary/aromatic N) is 1. The van der Waals surface area contributed by atoms with E-state index in [0.717, 1.165) is 12.2 Å². The third-order valence-electron chi connectivity index (χ3n) is 4.42. The third kappa shape index (κ3) is 8.96. The highest BCUT2D eigenvalue weighted by molar-refractivity contribution is 5.75. The molecule has 2 aliphatic rings. The van der Waals surface area contributed by atoms with Gasteiger partial charge in [-0.1, -0.05) is 11.8 Å². The Balaban J connectivity index is 0.000000262. The van der Waals surface area contributed by atoms with E-state index >= 15 is 0 Å². The fraction of sp³-hybridized carbons (Fsp3) is 0.276. The van der Waals surface area contributed by atoms with Crippen molar-refractivity contribution in [3.8, 4) is 100 Å². The van der Waals surface area contributed by atoms with Gasteiger partial charge in [0.2, 0.25) is 12.5 Å². The molecule has 1 atom stereocenters. The van der Waals surface area contributed by atoms with Gasteiger partial charge in [0.15, 0.2) is 11.5 Å². The molecule has 1 saturated heterocycles. The molecule has 0 spiro atoms. The number of nitrogens with one attached hydrogen (secondary N) is 1. The number of fused-ring (bicyclic) bond motifs is 1. The Kier molecular flexibility index (Phi) is 11.7. The number of piperazine rings is 1. The van der Waals surface area contributed by atoms with E-state index in [1.54, 1.807) is 21.0 Å². The lowest BCUT2D eigenvalue weighted by Crippen LogP contribution is -2.54. The number of carboxylic acid groups (broad SMARTS) is 1. The minimum atomic E-state index is -0.845. The number of rotatable bonds is 3. The first kappa shape index (κ1) is 27.0. The highest BCUT2D eigenvalue weighted by Gasteiger charge is 2.27. The molecule has 0 saturated carbocycles. The highest BCUT2D eigenvalue weighted by atomic mass is 16.7. The molecule has 1 aromatic rings. The maximum atomic E-state index is 11.1. The SMILES string of the molecule is CC#CC#CC#CC#CC#CC#CC#CC.COc1cc(N2CCNC(C(=O)O)C2)cc2c1OCO2. The van der Waals surface area contributed by atoms with Crippen LogP contribution in [0.25, 0.3) is 0 Å². The van der Waals surface area contributed by atoms with Gasteiger partial charge >= 0.3 is 5.97 Å². The van der Waals surface area contributed by atoms with Crippen LogP contribution in [0.15, 0.2) is 12.1 Å². The average molecular weight is 479 g/mol. The van der Waals surface area contributed by atoms with Crippen molar-refractivity contribution in [1.29, 1.82) is 0 Å². The molecule has 0 aromatic heterocycles. The number of carboxylic acids is 1. The molecule has 7 nitrogen and oxygen atoms in total. The summed E-state index contributed by atoms with van der Waals surface area (Å²) >= 11 is 0. The topological polar surface area (TPSA) is 80.3 Å². The van der Waals surface area contributed by atoms with Crippen molar-refractivity contribution in [2.24, 2.45) is 0 Å². The molecule has 7 heteroatoms. The largest absolute Gasteiger partial charge is 0.493 e. The van der Waals surface area contributed by atoms with E-state index < -0.39 is 12.0 Å². The molecule has 1 fully saturated rings. The van der Waals surface area contributed by atoms with E-state index in [1.165, 1.54) is 0 Å². The quantitative estimate of drug-likeness (QED) is 0.635. The van der Waals surface area contributed by atoms with E-state index in [1.807, 2.05) is 17.0 Å². The molecule has 1 aromatic carbocycles. The second kappa shape index (κ2) is 15.6. The Bertz CT molecular complexity index is 1350. The molecular weight excluding hydrogens is 456 g/mol. The van der Waals surface area contributed by atoms with Crippen LogP contribution >= 0.6 is 0 Å². The summed E-state index contributed by atoms with van der Waals surface area (Å²) in [6.45, 7) is 5.34. The summed E-state index contributed by atoms with van der Waals surface area (Å²) in [5.41, 5.74) is 0.874. The second-order valence-corrected chi connectivity index (χ2v) is 6.67. The van der Waals surface area contributed by atoms with Gasteiger partial charge in [-0.3, -0.25) is 4.79 Å². The number of ether oxygens (including phenoxy) is 3. The summed E-state index contributed by atoms with van der Waals surface area (Å²) < 4.78 is 16.0. The lowest BCUT2D eigenvalue weighted by atomic mass is 10.1. The van der Waals surface area contributed by atoms with Crippen molar-refractivity contribution in [2.75, 3.05) is 38.4 Å². The summed E-state index contributed by atoms with van der Waals surface area (Å²) in [6.07, 6.45) is 0. The zero-order chi connectivity index (χ0) is 26.0. The van der Waals surface area contributed by atoms with Gasteiger partial charge < -0.3 is 29.5 Å². The van der Waals surface area contributed by atoms with E-state index in [4.69, 9.17) is 19.3 Å². The normalized spacial score (nSPS) is 13.3. The van der Waals surface area contributed by atoms with Crippen LogP contribution in [0.5, 0.6) is 17.2 Å². The summed E-state index contributed by atoms with van der Waals surface area (Å²) in [7, 11) is 1.57. The van der Waals surface area contributed by atoms with Gasteiger partial charge in [0.25, 0.3) is 0 Å². The number of carbonyl (C=O) groups is 1. The van der Waals surface area contributed by atoms with Gasteiger partial charge in [-0.15, -0.1) is 0 Å². The van der Waals surface area contributed by atoms with Gasteiger partial charge in [-0.2, -0.15) is 0 Å². The van der Waals surface area contributed by atoms with Crippen molar-refractivity contribution in [3.63, 3.8) is 0 Å². The molecule has 36 heavy (non-hydrogen) atoms. The van der Waals surface area contributed by atoms with Crippen LogP contribution in [0.1, 0.15) is 13.8 Å². The zero-order valence-corrected chi connectivity index (χ0v) is 20.1. The standard InChI is InChI=1S/C16H6.C13H16N2O5/c1-3-5-7-9-11-13-15-16-14-12-10-8-6-4-2;1-18-10-4-8(5-11-12(10)20-7-19-11)15-3-2-14-9(6-15)13(16)17/h1-2H3;4-5,9,14H,2-3,6-7H2,1H3,(H,16,17). The van der Waals surface area contributed by atoms with Gasteiger partial charge in [0, 0.05) is 37.5 Å². The number of benzene rings is 1. The molecule has 0 aliphatic carbocycles. The molecular formula is C29H22N2O5. The monoisotopic (exact) mass is 478 g/mol. The maximum absolute atomic E-state index is 11.1. The van der Waals surface area contributed by atoms with Gasteiger partial charge in [-0.05, 0) is 84.9 Å². The number of hydrogen-bond acceptors (Lipinski definition) is 6. The van der Waals surface area contributed by atoms with Crippen molar-refractivity contribution in [1.82, 2.24) is 5.32 Å². The van der Waals surface area contributed by atoms with Crippen LogP contribution in [-0.4, -0.2) is 50.7 Å². The van der Waals surface area contributed by atoms with Gasteiger partial charge in [0.05, 0.1) is 7.11 Å². The molecule has 2 N–H and O–H groups in total. The minimum absolute atomic E-state index is 0.175. The summed E-state index contributed by atoms with van der Waals surface area (Å²) in [5.74, 6) is 36.6. The Labute approximate surface area is 211 Å². The minimum Gasteiger partial charge on any atom is -0.493 e. The second-order valence-electron chi connectivity index (χ2n) is 6.67. The molecule has 0 amide bonds. The highest BCUT2D eigenvalue weighted by Crippen LogP contribution is 2.44. The van der Waals surface area contributed by atoms with Gasteiger partial charge in [-0.25, -0.2) is 0 Å².